The van der Waals surface area contributed by atoms with Gasteiger partial charge in [-0.25, -0.2) is 0 Å². The summed E-state index contributed by atoms with van der Waals surface area (Å²) >= 11 is 0. The fourth-order valence-corrected chi connectivity index (χ4v) is 2.23. The van der Waals surface area contributed by atoms with E-state index in [9.17, 15) is 0 Å². The maximum Gasteiger partial charge on any atom is 0.119 e. The van der Waals surface area contributed by atoms with E-state index in [2.05, 4.69) is 61.6 Å². The van der Waals surface area contributed by atoms with E-state index in [0.717, 1.165) is 12.3 Å². The Morgan fingerprint density at radius 2 is 1.90 bits per heavy atom. The van der Waals surface area contributed by atoms with Crippen LogP contribution in [0.5, 0.6) is 5.75 Å². The lowest BCUT2D eigenvalue weighted by Gasteiger charge is -2.15. The monoisotopic (exact) mass is 281 g/mol. The second-order valence-corrected chi connectivity index (χ2v) is 5.28. The van der Waals surface area contributed by atoms with Crippen LogP contribution in [0.4, 0.5) is 0 Å². The van der Waals surface area contributed by atoms with Gasteiger partial charge in [-0.2, -0.15) is 0 Å². The minimum absolute atomic E-state index is 0.291. The van der Waals surface area contributed by atoms with Crippen molar-refractivity contribution < 1.29 is 4.74 Å². The predicted molar refractivity (Wildman–Crippen MR) is 89.5 cm³/mol. The predicted octanol–water partition coefficient (Wildman–Crippen LogP) is 4.45. The summed E-state index contributed by atoms with van der Waals surface area (Å²) in [6.07, 6.45) is 2.21. The van der Waals surface area contributed by atoms with Crippen molar-refractivity contribution in [2.75, 3.05) is 13.7 Å². The van der Waals surface area contributed by atoms with E-state index >= 15 is 0 Å². The van der Waals surface area contributed by atoms with Crippen LogP contribution in [0.15, 0.2) is 60.2 Å². The lowest BCUT2D eigenvalue weighted by atomic mass is 10.1. The fourth-order valence-electron chi connectivity index (χ4n) is 2.23. The Kier molecular flexibility index (Phi) is 5.59. The molecule has 2 heteroatoms. The van der Waals surface area contributed by atoms with Gasteiger partial charge in [-0.3, -0.25) is 0 Å². The van der Waals surface area contributed by atoms with Gasteiger partial charge in [0, 0.05) is 12.6 Å². The summed E-state index contributed by atoms with van der Waals surface area (Å²) in [5.41, 5.74) is 3.80. The highest BCUT2D eigenvalue weighted by molar-refractivity contribution is 5.52. The van der Waals surface area contributed by atoms with Crippen molar-refractivity contribution in [3.05, 3.63) is 71.3 Å². The Morgan fingerprint density at radius 3 is 2.62 bits per heavy atom. The van der Waals surface area contributed by atoms with Crippen LogP contribution in [0.2, 0.25) is 0 Å². The number of nitrogens with one attached hydrogen (secondary N) is 1. The van der Waals surface area contributed by atoms with E-state index in [-0.39, 0.29) is 0 Å². The second kappa shape index (κ2) is 7.65. The van der Waals surface area contributed by atoms with Crippen molar-refractivity contribution in [2.24, 2.45) is 0 Å². The summed E-state index contributed by atoms with van der Waals surface area (Å²) in [6.45, 7) is 5.19. The first-order chi connectivity index (χ1) is 10.2. The number of benzene rings is 2. The molecule has 0 bridgehead atoms. The average molecular weight is 281 g/mol. The summed E-state index contributed by atoms with van der Waals surface area (Å²) in [7, 11) is 1.70. The molecule has 0 aliphatic rings. The molecule has 0 saturated carbocycles. The van der Waals surface area contributed by atoms with E-state index in [1.54, 1.807) is 7.11 Å². The van der Waals surface area contributed by atoms with Crippen LogP contribution in [0.25, 0.3) is 6.08 Å². The number of rotatable bonds is 6. The highest BCUT2D eigenvalue weighted by Crippen LogP contribution is 2.19. The fraction of sp³-hybridized carbons (Fsp3) is 0.263. The van der Waals surface area contributed by atoms with Crippen LogP contribution in [0.1, 0.15) is 31.0 Å². The molecule has 1 N–H and O–H groups in total. The van der Waals surface area contributed by atoms with Crippen molar-refractivity contribution in [1.82, 2.24) is 5.32 Å². The van der Waals surface area contributed by atoms with Gasteiger partial charge in [0.1, 0.15) is 5.75 Å². The van der Waals surface area contributed by atoms with Gasteiger partial charge in [-0.05, 0) is 37.1 Å². The number of ether oxygens (including phenoxy) is 1. The lowest BCUT2D eigenvalue weighted by Crippen LogP contribution is -2.20. The van der Waals surface area contributed by atoms with E-state index in [4.69, 9.17) is 4.74 Å². The normalized spacial score (nSPS) is 13.0. The zero-order valence-corrected chi connectivity index (χ0v) is 13.0. The topological polar surface area (TPSA) is 21.3 Å². The molecule has 0 saturated heterocycles. The lowest BCUT2D eigenvalue weighted by molar-refractivity contribution is 0.413. The molecule has 1 atom stereocenters. The molecule has 0 heterocycles. The number of hydrogen-bond donors (Lipinski definition) is 1. The van der Waals surface area contributed by atoms with Crippen molar-refractivity contribution in [3.8, 4) is 5.75 Å². The minimum atomic E-state index is 0.291. The van der Waals surface area contributed by atoms with Crippen LogP contribution in [0, 0.1) is 0 Å². The summed E-state index contributed by atoms with van der Waals surface area (Å²) in [5.74, 6) is 0.901. The zero-order chi connectivity index (χ0) is 15.1. The highest BCUT2D eigenvalue weighted by Gasteiger charge is 2.05. The molecular formula is C19H23NO. The maximum absolute atomic E-state index is 5.27. The molecule has 110 valence electrons. The van der Waals surface area contributed by atoms with E-state index < -0.39 is 0 Å². The standard InChI is InChI=1S/C19H23NO/c1-15(12-17-8-5-4-6-9-17)14-20-16(2)18-10-7-11-19(13-18)21-3/h4-13,16,20H,14H2,1-3H3. The minimum Gasteiger partial charge on any atom is -0.497 e. The van der Waals surface area contributed by atoms with Gasteiger partial charge >= 0.3 is 0 Å². The third-order valence-corrected chi connectivity index (χ3v) is 3.49. The molecule has 0 aromatic heterocycles. The molecule has 0 aliphatic heterocycles. The first-order valence-electron chi connectivity index (χ1n) is 7.28. The molecule has 0 spiro atoms. The molecule has 0 aliphatic carbocycles. The van der Waals surface area contributed by atoms with Crippen LogP contribution >= 0.6 is 0 Å². The van der Waals surface area contributed by atoms with Crippen molar-refractivity contribution in [2.45, 2.75) is 19.9 Å². The van der Waals surface area contributed by atoms with Crippen LogP contribution in [0.3, 0.4) is 0 Å². The first-order valence-corrected chi connectivity index (χ1v) is 7.28. The van der Waals surface area contributed by atoms with Gasteiger partial charge in [0.2, 0.25) is 0 Å². The van der Waals surface area contributed by atoms with E-state index in [0.29, 0.717) is 6.04 Å². The van der Waals surface area contributed by atoms with Gasteiger partial charge in [-0.15, -0.1) is 0 Å². The van der Waals surface area contributed by atoms with Gasteiger partial charge in [0.05, 0.1) is 7.11 Å². The van der Waals surface area contributed by atoms with Crippen molar-refractivity contribution in [1.29, 1.82) is 0 Å². The smallest absolute Gasteiger partial charge is 0.119 e. The van der Waals surface area contributed by atoms with E-state index in [1.165, 1.54) is 16.7 Å². The molecule has 2 aromatic rings. The Bertz CT molecular complexity index is 590. The Hall–Kier alpha value is -2.06. The average Bonchev–Trinajstić information content (AvgIpc) is 2.53. The molecule has 2 nitrogen and oxygen atoms in total. The van der Waals surface area contributed by atoms with Gasteiger partial charge in [0.25, 0.3) is 0 Å². The van der Waals surface area contributed by atoms with Gasteiger partial charge < -0.3 is 10.1 Å². The summed E-state index contributed by atoms with van der Waals surface area (Å²) in [5, 5.41) is 3.55. The van der Waals surface area contributed by atoms with E-state index in [1.807, 2.05) is 18.2 Å². The Morgan fingerprint density at radius 1 is 1.14 bits per heavy atom. The third-order valence-electron chi connectivity index (χ3n) is 3.49. The summed E-state index contributed by atoms with van der Waals surface area (Å²) in [4.78, 5) is 0. The summed E-state index contributed by atoms with van der Waals surface area (Å²) < 4.78 is 5.27. The second-order valence-electron chi connectivity index (χ2n) is 5.28. The molecular weight excluding hydrogens is 258 g/mol. The molecule has 0 amide bonds. The number of hydrogen-bond acceptors (Lipinski definition) is 2. The van der Waals surface area contributed by atoms with Gasteiger partial charge in [0.15, 0.2) is 0 Å². The first kappa shape index (κ1) is 15.3. The largest absolute Gasteiger partial charge is 0.497 e. The van der Waals surface area contributed by atoms with Crippen molar-refractivity contribution >= 4 is 6.08 Å². The Labute approximate surface area is 127 Å². The van der Waals surface area contributed by atoms with Crippen LogP contribution < -0.4 is 10.1 Å². The quantitative estimate of drug-likeness (QED) is 0.844. The molecule has 2 aromatic carbocycles. The van der Waals surface area contributed by atoms with Crippen molar-refractivity contribution in [3.63, 3.8) is 0 Å². The van der Waals surface area contributed by atoms with Crippen LogP contribution in [-0.2, 0) is 0 Å². The van der Waals surface area contributed by atoms with Crippen LogP contribution in [-0.4, -0.2) is 13.7 Å². The zero-order valence-electron chi connectivity index (χ0n) is 13.0. The summed E-state index contributed by atoms with van der Waals surface area (Å²) in [6, 6.07) is 18.9. The third kappa shape index (κ3) is 4.76. The van der Waals surface area contributed by atoms with Gasteiger partial charge in [-0.1, -0.05) is 54.1 Å². The highest BCUT2D eigenvalue weighted by atomic mass is 16.5. The molecule has 2 rings (SSSR count). The SMILES string of the molecule is COc1cccc(C(C)NCC(C)=Cc2ccccc2)c1. The molecule has 1 unspecified atom stereocenters. The molecule has 0 fully saturated rings. The number of methoxy groups -OCH3 is 1. The molecule has 21 heavy (non-hydrogen) atoms. The maximum atomic E-state index is 5.27. The molecule has 0 radical (unpaired) electrons. The Balaban J connectivity index is 1.94.